The molecule has 0 radical (unpaired) electrons. The van der Waals surface area contributed by atoms with E-state index in [1.165, 1.54) is 44.9 Å². The molecule has 2 fully saturated rings. The first kappa shape index (κ1) is 23.8. The second-order valence-corrected chi connectivity index (χ2v) is 7.73. The summed E-state index contributed by atoms with van der Waals surface area (Å²) in [6, 6.07) is 5.81. The van der Waals surface area contributed by atoms with Gasteiger partial charge in [-0.25, -0.2) is 0 Å². The molecular formula is C22H38ClN3O. The molecule has 1 heterocycles. The molecule has 0 atom stereocenters. The van der Waals surface area contributed by atoms with Crippen LogP contribution in [0.15, 0.2) is 18.2 Å². The Bertz CT molecular complexity index is 565. The van der Waals surface area contributed by atoms with Gasteiger partial charge in [0.05, 0.1) is 10.6 Å². The molecule has 1 saturated carbocycles. The number of nitrogens with one attached hydrogen (secondary N) is 2. The number of hydrogen-bond acceptors (Lipinski definition) is 3. The normalized spacial score (nSPS) is 18.5. The second kappa shape index (κ2) is 12.2. The Morgan fingerprint density at radius 2 is 1.70 bits per heavy atom. The lowest BCUT2D eigenvalue weighted by atomic mass is 9.91. The Kier molecular flexibility index (Phi) is 10.8. The van der Waals surface area contributed by atoms with Gasteiger partial charge >= 0.3 is 0 Å². The molecule has 5 heteroatoms. The van der Waals surface area contributed by atoms with Gasteiger partial charge in [-0.15, -0.1) is 0 Å². The van der Waals surface area contributed by atoms with Crippen LogP contribution in [0, 0.1) is 5.92 Å². The van der Waals surface area contributed by atoms with Crippen molar-refractivity contribution in [2.75, 3.05) is 37.6 Å². The van der Waals surface area contributed by atoms with E-state index in [0.717, 1.165) is 38.4 Å². The SMILES string of the molecule is C.C.O=C(NCC1CCCCCCC1)c1cc(N2CCNCC2)ccc1Cl. The zero-order valence-corrected chi connectivity index (χ0v) is 15.8. The number of nitrogens with zero attached hydrogens (tertiary/aromatic N) is 1. The summed E-state index contributed by atoms with van der Waals surface area (Å²) in [6.45, 7) is 4.65. The van der Waals surface area contributed by atoms with Crippen LogP contribution in [0.3, 0.4) is 0 Å². The van der Waals surface area contributed by atoms with Crippen LogP contribution in [0.4, 0.5) is 5.69 Å². The number of piperazine rings is 1. The minimum atomic E-state index is -0.0379. The van der Waals surface area contributed by atoms with Gasteiger partial charge in [-0.3, -0.25) is 4.79 Å². The number of amides is 1. The number of anilines is 1. The molecular weight excluding hydrogens is 358 g/mol. The minimum Gasteiger partial charge on any atom is -0.369 e. The van der Waals surface area contributed by atoms with Gasteiger partial charge < -0.3 is 15.5 Å². The fraction of sp³-hybridized carbons (Fsp3) is 0.682. The molecule has 0 bridgehead atoms. The maximum absolute atomic E-state index is 12.7. The molecule has 1 aromatic carbocycles. The van der Waals surface area contributed by atoms with Gasteiger partial charge in [0.25, 0.3) is 5.91 Å². The van der Waals surface area contributed by atoms with Crippen LogP contribution < -0.4 is 15.5 Å². The van der Waals surface area contributed by atoms with Crippen LogP contribution in [-0.2, 0) is 0 Å². The molecule has 2 aliphatic rings. The number of carbonyl (C=O) groups is 1. The highest BCUT2D eigenvalue weighted by atomic mass is 35.5. The molecule has 27 heavy (non-hydrogen) atoms. The van der Waals surface area contributed by atoms with Crippen molar-refractivity contribution in [2.45, 2.75) is 59.8 Å². The fourth-order valence-electron chi connectivity index (χ4n) is 3.88. The Morgan fingerprint density at radius 3 is 2.37 bits per heavy atom. The van der Waals surface area contributed by atoms with Crippen LogP contribution in [0.1, 0.15) is 70.2 Å². The highest BCUT2D eigenvalue weighted by Crippen LogP contribution is 2.25. The van der Waals surface area contributed by atoms with Crippen LogP contribution in [0.25, 0.3) is 0 Å². The zero-order valence-electron chi connectivity index (χ0n) is 15.0. The van der Waals surface area contributed by atoms with Gasteiger partial charge in [0, 0.05) is 38.4 Å². The summed E-state index contributed by atoms with van der Waals surface area (Å²) in [7, 11) is 0. The summed E-state index contributed by atoms with van der Waals surface area (Å²) >= 11 is 6.31. The Hall–Kier alpha value is -1.26. The molecule has 1 aliphatic carbocycles. The topological polar surface area (TPSA) is 44.4 Å². The first-order chi connectivity index (χ1) is 12.2. The standard InChI is InChI=1S/C20H30ClN3O.2CH4/c21-19-9-8-17(24-12-10-22-11-13-24)14-18(19)20(25)23-15-16-6-4-2-1-3-5-7-16;;/h8-9,14,16,22H,1-7,10-13,15H2,(H,23,25);2*1H4. The lowest BCUT2D eigenvalue weighted by molar-refractivity contribution is 0.0945. The predicted molar refractivity (Wildman–Crippen MR) is 118 cm³/mol. The van der Waals surface area contributed by atoms with Crippen LogP contribution in [0.2, 0.25) is 5.02 Å². The summed E-state index contributed by atoms with van der Waals surface area (Å²) in [5.74, 6) is 0.573. The van der Waals surface area contributed by atoms with E-state index in [-0.39, 0.29) is 20.8 Å². The molecule has 3 rings (SSSR count). The van der Waals surface area contributed by atoms with Crippen molar-refractivity contribution in [3.8, 4) is 0 Å². The molecule has 1 aliphatic heterocycles. The van der Waals surface area contributed by atoms with E-state index in [0.29, 0.717) is 16.5 Å². The number of halogens is 1. The van der Waals surface area contributed by atoms with Crippen molar-refractivity contribution in [3.63, 3.8) is 0 Å². The molecule has 1 aromatic rings. The van der Waals surface area contributed by atoms with Crippen molar-refractivity contribution in [3.05, 3.63) is 28.8 Å². The third kappa shape index (κ3) is 7.00. The highest BCUT2D eigenvalue weighted by molar-refractivity contribution is 6.34. The smallest absolute Gasteiger partial charge is 0.252 e. The van der Waals surface area contributed by atoms with E-state index in [2.05, 4.69) is 15.5 Å². The zero-order chi connectivity index (χ0) is 17.5. The lowest BCUT2D eigenvalue weighted by Gasteiger charge is -2.29. The molecule has 2 N–H and O–H groups in total. The first-order valence-electron chi connectivity index (χ1n) is 9.77. The van der Waals surface area contributed by atoms with Crippen molar-refractivity contribution >= 4 is 23.2 Å². The first-order valence-corrected chi connectivity index (χ1v) is 10.2. The number of rotatable bonds is 4. The van der Waals surface area contributed by atoms with Crippen molar-refractivity contribution in [1.82, 2.24) is 10.6 Å². The summed E-state index contributed by atoms with van der Waals surface area (Å²) in [4.78, 5) is 15.0. The fourth-order valence-corrected chi connectivity index (χ4v) is 4.09. The van der Waals surface area contributed by atoms with Gasteiger partial charge in [-0.1, -0.05) is 58.6 Å². The molecule has 0 spiro atoms. The summed E-state index contributed by atoms with van der Waals surface area (Å²) in [5.41, 5.74) is 1.69. The molecule has 0 unspecified atom stereocenters. The largest absolute Gasteiger partial charge is 0.369 e. The summed E-state index contributed by atoms with van der Waals surface area (Å²) in [5, 5.41) is 7.02. The second-order valence-electron chi connectivity index (χ2n) is 7.32. The van der Waals surface area contributed by atoms with Crippen LogP contribution >= 0.6 is 11.6 Å². The molecule has 1 amide bonds. The molecule has 154 valence electrons. The maximum Gasteiger partial charge on any atom is 0.252 e. The van der Waals surface area contributed by atoms with Crippen molar-refractivity contribution in [2.24, 2.45) is 5.92 Å². The van der Waals surface area contributed by atoms with E-state index in [4.69, 9.17) is 11.6 Å². The summed E-state index contributed by atoms with van der Waals surface area (Å²) < 4.78 is 0. The number of benzene rings is 1. The van der Waals surface area contributed by atoms with Crippen molar-refractivity contribution < 1.29 is 4.79 Å². The average Bonchev–Trinajstić information content (AvgIpc) is 2.62. The third-order valence-corrected chi connectivity index (χ3v) is 5.78. The maximum atomic E-state index is 12.7. The molecule has 4 nitrogen and oxygen atoms in total. The van der Waals surface area contributed by atoms with Gasteiger partial charge in [-0.05, 0) is 37.0 Å². The van der Waals surface area contributed by atoms with E-state index < -0.39 is 0 Å². The lowest BCUT2D eigenvalue weighted by Crippen LogP contribution is -2.43. The van der Waals surface area contributed by atoms with Gasteiger partial charge in [0.2, 0.25) is 0 Å². The van der Waals surface area contributed by atoms with E-state index in [1.54, 1.807) is 0 Å². The molecule has 1 saturated heterocycles. The summed E-state index contributed by atoms with van der Waals surface area (Å²) in [6.07, 6.45) is 9.09. The number of hydrogen-bond donors (Lipinski definition) is 2. The quantitative estimate of drug-likeness (QED) is 0.744. The Labute approximate surface area is 171 Å². The monoisotopic (exact) mass is 395 g/mol. The van der Waals surface area contributed by atoms with Gasteiger partial charge in [0.1, 0.15) is 0 Å². The highest BCUT2D eigenvalue weighted by Gasteiger charge is 2.17. The Morgan fingerprint density at radius 1 is 1.07 bits per heavy atom. The van der Waals surface area contributed by atoms with E-state index >= 15 is 0 Å². The predicted octanol–water partition coefficient (Wildman–Crippen LogP) is 5.11. The molecule has 0 aromatic heterocycles. The van der Waals surface area contributed by atoms with Crippen molar-refractivity contribution in [1.29, 1.82) is 0 Å². The van der Waals surface area contributed by atoms with Gasteiger partial charge in [-0.2, -0.15) is 0 Å². The Balaban J connectivity index is 0.00000182. The minimum absolute atomic E-state index is 0. The number of carbonyl (C=O) groups excluding carboxylic acids is 1. The average molecular weight is 396 g/mol. The van der Waals surface area contributed by atoms with Crippen LogP contribution in [-0.4, -0.2) is 38.6 Å². The van der Waals surface area contributed by atoms with Gasteiger partial charge in [0.15, 0.2) is 0 Å². The van der Waals surface area contributed by atoms with Crippen LogP contribution in [0.5, 0.6) is 0 Å². The third-order valence-electron chi connectivity index (χ3n) is 5.45. The van der Waals surface area contributed by atoms with E-state index in [1.807, 2.05) is 18.2 Å². The van der Waals surface area contributed by atoms with E-state index in [9.17, 15) is 4.79 Å².